The summed E-state index contributed by atoms with van der Waals surface area (Å²) in [6, 6.07) is 10.9. The van der Waals surface area contributed by atoms with Gasteiger partial charge in [0, 0.05) is 0 Å². The molecule has 0 aliphatic carbocycles. The van der Waals surface area contributed by atoms with Crippen LogP contribution in [0.1, 0.15) is 23.6 Å². The van der Waals surface area contributed by atoms with Gasteiger partial charge in [-0.15, -0.1) is 0 Å². The molecular formula is C13H9N3. The summed E-state index contributed by atoms with van der Waals surface area (Å²) in [5.74, 6) is 0. The lowest BCUT2D eigenvalue weighted by Gasteiger charge is -2.03. The fourth-order valence-corrected chi connectivity index (χ4v) is 1.37. The molecule has 0 saturated heterocycles. The average Bonchev–Trinajstić information content (AvgIpc) is 2.35. The summed E-state index contributed by atoms with van der Waals surface area (Å²) in [7, 11) is 0. The first-order valence-corrected chi connectivity index (χ1v) is 4.80. The van der Waals surface area contributed by atoms with Gasteiger partial charge in [0.25, 0.3) is 0 Å². The summed E-state index contributed by atoms with van der Waals surface area (Å²) >= 11 is 0. The molecule has 0 radical (unpaired) electrons. The Labute approximate surface area is 94.5 Å². The molecular weight excluding hydrogens is 198 g/mol. The molecule has 0 aromatic heterocycles. The molecule has 0 spiro atoms. The molecule has 76 valence electrons. The number of rotatable bonds is 2. The van der Waals surface area contributed by atoms with Gasteiger partial charge < -0.3 is 0 Å². The van der Waals surface area contributed by atoms with Crippen LogP contribution in [0.2, 0.25) is 0 Å². The average molecular weight is 207 g/mol. The highest BCUT2D eigenvalue weighted by Gasteiger charge is 2.02. The number of benzene rings is 1. The van der Waals surface area contributed by atoms with Crippen molar-refractivity contribution < 1.29 is 0 Å². The highest BCUT2D eigenvalue weighted by molar-refractivity contribution is 5.65. The second kappa shape index (κ2) is 5.35. The van der Waals surface area contributed by atoms with Crippen molar-refractivity contribution in [1.82, 2.24) is 0 Å². The Morgan fingerprint density at radius 3 is 2.44 bits per heavy atom. The van der Waals surface area contributed by atoms with Crippen molar-refractivity contribution in [1.29, 1.82) is 15.8 Å². The van der Waals surface area contributed by atoms with Crippen LogP contribution in [0.15, 0.2) is 23.8 Å². The summed E-state index contributed by atoms with van der Waals surface area (Å²) in [6.45, 7) is 1.96. The van der Waals surface area contributed by atoms with Gasteiger partial charge in [0.05, 0.1) is 11.6 Å². The molecule has 1 aromatic rings. The molecule has 0 amide bonds. The zero-order valence-electron chi connectivity index (χ0n) is 8.86. The molecule has 16 heavy (non-hydrogen) atoms. The lowest BCUT2D eigenvalue weighted by atomic mass is 10.0. The third-order valence-electron chi connectivity index (χ3n) is 2.19. The largest absolute Gasteiger partial charge is 0.192 e. The van der Waals surface area contributed by atoms with Gasteiger partial charge in [0.15, 0.2) is 0 Å². The number of hydrogen-bond acceptors (Lipinski definition) is 3. The molecule has 1 aromatic carbocycles. The molecule has 1 rings (SSSR count). The van der Waals surface area contributed by atoms with Crippen LogP contribution in [-0.2, 0) is 6.42 Å². The minimum atomic E-state index is 0.0689. The summed E-state index contributed by atoms with van der Waals surface area (Å²) in [6.07, 6.45) is 2.30. The van der Waals surface area contributed by atoms with Crippen LogP contribution >= 0.6 is 0 Å². The second-order valence-electron chi connectivity index (χ2n) is 3.16. The third-order valence-corrected chi connectivity index (χ3v) is 2.19. The molecule has 0 aliphatic rings. The van der Waals surface area contributed by atoms with E-state index in [0.29, 0.717) is 5.56 Å². The molecule has 3 nitrogen and oxygen atoms in total. The predicted octanol–water partition coefficient (Wildman–Crippen LogP) is 2.55. The Balaban J connectivity index is 3.28. The molecule has 0 heterocycles. The first kappa shape index (κ1) is 11.5. The maximum atomic E-state index is 8.75. The van der Waals surface area contributed by atoms with E-state index < -0.39 is 0 Å². The Bertz CT molecular complexity index is 532. The van der Waals surface area contributed by atoms with Gasteiger partial charge in [-0.3, -0.25) is 0 Å². The van der Waals surface area contributed by atoms with Gasteiger partial charge in [0.1, 0.15) is 17.7 Å². The van der Waals surface area contributed by atoms with E-state index in [2.05, 4.69) is 6.07 Å². The van der Waals surface area contributed by atoms with E-state index in [1.807, 2.05) is 19.1 Å². The predicted molar refractivity (Wildman–Crippen MR) is 59.7 cm³/mol. The molecule has 0 saturated carbocycles. The number of allylic oxidation sites excluding steroid dienone is 1. The van der Waals surface area contributed by atoms with E-state index in [1.54, 1.807) is 24.3 Å². The maximum Gasteiger partial charge on any atom is 0.130 e. The van der Waals surface area contributed by atoms with Crippen LogP contribution in [0, 0.1) is 34.0 Å². The number of nitriles is 3. The van der Waals surface area contributed by atoms with Crippen molar-refractivity contribution in [2.24, 2.45) is 0 Å². The lowest BCUT2D eigenvalue weighted by Crippen LogP contribution is -1.89. The Morgan fingerprint density at radius 1 is 1.25 bits per heavy atom. The quantitative estimate of drug-likeness (QED) is 0.699. The fraction of sp³-hybridized carbons (Fsp3) is 0.154. The minimum Gasteiger partial charge on any atom is -0.192 e. The van der Waals surface area contributed by atoms with Gasteiger partial charge in [-0.1, -0.05) is 13.0 Å². The summed E-state index contributed by atoms with van der Waals surface area (Å²) in [5.41, 5.74) is 2.44. The van der Waals surface area contributed by atoms with Crippen LogP contribution < -0.4 is 0 Å². The highest BCUT2D eigenvalue weighted by Crippen LogP contribution is 2.15. The van der Waals surface area contributed by atoms with Crippen molar-refractivity contribution in [2.45, 2.75) is 13.3 Å². The smallest absolute Gasteiger partial charge is 0.130 e. The summed E-state index contributed by atoms with van der Waals surface area (Å²) in [4.78, 5) is 0. The lowest BCUT2D eigenvalue weighted by molar-refractivity contribution is 1.13. The van der Waals surface area contributed by atoms with E-state index in [4.69, 9.17) is 15.8 Å². The normalized spacial score (nSPS) is 8.38. The minimum absolute atomic E-state index is 0.0689. The highest BCUT2D eigenvalue weighted by atomic mass is 14.3. The molecule has 0 unspecified atom stereocenters. The van der Waals surface area contributed by atoms with Crippen LogP contribution in [0.4, 0.5) is 0 Å². The maximum absolute atomic E-state index is 8.75. The molecule has 0 atom stereocenters. The molecule has 3 heteroatoms. The monoisotopic (exact) mass is 207 g/mol. The van der Waals surface area contributed by atoms with Crippen LogP contribution in [0.3, 0.4) is 0 Å². The SMILES string of the molecule is CCc1cc(C#N)ccc1C=C(C#N)C#N. The van der Waals surface area contributed by atoms with Gasteiger partial charge in [-0.05, 0) is 35.8 Å². The van der Waals surface area contributed by atoms with Gasteiger partial charge in [-0.2, -0.15) is 15.8 Å². The van der Waals surface area contributed by atoms with Crippen molar-refractivity contribution in [3.8, 4) is 18.2 Å². The number of nitrogens with zero attached hydrogens (tertiary/aromatic N) is 3. The Hall–Kier alpha value is -2.57. The van der Waals surface area contributed by atoms with Crippen molar-refractivity contribution in [3.63, 3.8) is 0 Å². The number of hydrogen-bond donors (Lipinski definition) is 0. The zero-order chi connectivity index (χ0) is 12.0. The molecule has 0 fully saturated rings. The third kappa shape index (κ3) is 2.47. The van der Waals surface area contributed by atoms with Crippen LogP contribution in [0.5, 0.6) is 0 Å². The van der Waals surface area contributed by atoms with E-state index >= 15 is 0 Å². The topological polar surface area (TPSA) is 71.4 Å². The first-order valence-electron chi connectivity index (χ1n) is 4.80. The van der Waals surface area contributed by atoms with Gasteiger partial charge in [0.2, 0.25) is 0 Å². The zero-order valence-corrected chi connectivity index (χ0v) is 8.86. The number of aryl methyl sites for hydroxylation is 1. The van der Waals surface area contributed by atoms with Crippen molar-refractivity contribution >= 4 is 6.08 Å². The standard InChI is InChI=1S/C13H9N3/c1-2-12-5-10(7-14)3-4-13(12)6-11(8-15)9-16/h3-6H,2H2,1H3. The van der Waals surface area contributed by atoms with E-state index in [9.17, 15) is 0 Å². The second-order valence-corrected chi connectivity index (χ2v) is 3.16. The molecule has 0 aliphatic heterocycles. The van der Waals surface area contributed by atoms with E-state index in [0.717, 1.165) is 17.5 Å². The summed E-state index contributed by atoms with van der Waals surface area (Å²) in [5, 5.41) is 26.1. The summed E-state index contributed by atoms with van der Waals surface area (Å²) < 4.78 is 0. The Kier molecular flexibility index (Phi) is 3.84. The van der Waals surface area contributed by atoms with Gasteiger partial charge in [-0.25, -0.2) is 0 Å². The molecule has 0 bridgehead atoms. The molecule has 0 N–H and O–H groups in total. The van der Waals surface area contributed by atoms with Crippen molar-refractivity contribution in [2.75, 3.05) is 0 Å². The van der Waals surface area contributed by atoms with Crippen molar-refractivity contribution in [3.05, 3.63) is 40.5 Å². The fourth-order valence-electron chi connectivity index (χ4n) is 1.37. The van der Waals surface area contributed by atoms with E-state index in [1.165, 1.54) is 0 Å². The Morgan fingerprint density at radius 2 is 1.94 bits per heavy atom. The van der Waals surface area contributed by atoms with Crippen LogP contribution in [-0.4, -0.2) is 0 Å². The first-order chi connectivity index (χ1) is 7.74. The van der Waals surface area contributed by atoms with E-state index in [-0.39, 0.29) is 5.57 Å². The van der Waals surface area contributed by atoms with Gasteiger partial charge >= 0.3 is 0 Å². The van der Waals surface area contributed by atoms with Crippen LogP contribution in [0.25, 0.3) is 6.08 Å².